The Labute approximate surface area is 104 Å². The van der Waals surface area contributed by atoms with E-state index in [1.807, 2.05) is 0 Å². The summed E-state index contributed by atoms with van der Waals surface area (Å²) in [7, 11) is 0. The third-order valence-electron chi connectivity index (χ3n) is 3.02. The lowest BCUT2D eigenvalue weighted by Gasteiger charge is -2.04. The van der Waals surface area contributed by atoms with Crippen LogP contribution in [0, 0.1) is 13.8 Å². The van der Waals surface area contributed by atoms with Gasteiger partial charge in [-0.05, 0) is 42.5 Å². The molecule has 0 aliphatic heterocycles. The second-order valence-corrected chi connectivity index (χ2v) is 4.40. The van der Waals surface area contributed by atoms with Gasteiger partial charge >= 0.3 is 0 Å². The number of hydrogen-bond acceptors (Lipinski definition) is 0. The molecule has 0 N–H and O–H groups in total. The van der Waals surface area contributed by atoms with E-state index >= 15 is 0 Å². The summed E-state index contributed by atoms with van der Waals surface area (Å²) in [6.45, 7) is 4.32. The molecule has 0 aromatic heterocycles. The molecular formula is C17H18. The molecule has 2 aromatic carbocycles. The molecule has 2 aromatic rings. The second-order valence-electron chi connectivity index (χ2n) is 4.40. The number of hydrogen-bond donors (Lipinski definition) is 0. The second kappa shape index (κ2) is 5.49. The summed E-state index contributed by atoms with van der Waals surface area (Å²) in [5.41, 5.74) is 5.39. The summed E-state index contributed by atoms with van der Waals surface area (Å²) in [6, 6.07) is 17.0. The highest BCUT2D eigenvalue weighted by Crippen LogP contribution is 2.15. The summed E-state index contributed by atoms with van der Waals surface area (Å²) in [5.74, 6) is 0. The van der Waals surface area contributed by atoms with E-state index in [-0.39, 0.29) is 0 Å². The van der Waals surface area contributed by atoms with Gasteiger partial charge in [0, 0.05) is 0 Å². The molecule has 0 aliphatic rings. The molecule has 2 rings (SSSR count). The maximum absolute atomic E-state index is 2.24. The maximum Gasteiger partial charge on any atom is -0.00941 e. The Morgan fingerprint density at radius 1 is 0.824 bits per heavy atom. The van der Waals surface area contributed by atoms with Gasteiger partial charge in [0.05, 0.1) is 0 Å². The highest BCUT2D eigenvalue weighted by Gasteiger charge is 1.96. The van der Waals surface area contributed by atoms with E-state index in [9.17, 15) is 0 Å². The van der Waals surface area contributed by atoms with Crippen molar-refractivity contribution in [1.29, 1.82) is 0 Å². The first kappa shape index (κ1) is 11.7. The van der Waals surface area contributed by atoms with Crippen molar-refractivity contribution in [3.8, 4) is 0 Å². The van der Waals surface area contributed by atoms with Crippen molar-refractivity contribution in [3.05, 3.63) is 76.9 Å². The molecule has 0 nitrogen and oxygen atoms in total. The summed E-state index contributed by atoms with van der Waals surface area (Å²) in [4.78, 5) is 0. The fourth-order valence-corrected chi connectivity index (χ4v) is 2.02. The zero-order valence-electron chi connectivity index (χ0n) is 10.5. The van der Waals surface area contributed by atoms with E-state index in [1.165, 1.54) is 22.3 Å². The minimum absolute atomic E-state index is 0.995. The summed E-state index contributed by atoms with van der Waals surface area (Å²) < 4.78 is 0. The van der Waals surface area contributed by atoms with Gasteiger partial charge < -0.3 is 0 Å². The molecule has 0 spiro atoms. The van der Waals surface area contributed by atoms with Crippen LogP contribution in [-0.4, -0.2) is 0 Å². The van der Waals surface area contributed by atoms with Gasteiger partial charge in [0.15, 0.2) is 0 Å². The van der Waals surface area contributed by atoms with E-state index in [2.05, 4.69) is 74.5 Å². The van der Waals surface area contributed by atoms with Crippen LogP contribution in [0.4, 0.5) is 0 Å². The van der Waals surface area contributed by atoms with Crippen LogP contribution in [0.25, 0.3) is 6.08 Å². The molecule has 0 heterocycles. The molecule has 0 heteroatoms. The number of aryl methyl sites for hydroxylation is 2. The van der Waals surface area contributed by atoms with Crippen molar-refractivity contribution in [2.45, 2.75) is 20.3 Å². The van der Waals surface area contributed by atoms with Crippen LogP contribution in [0.15, 0.2) is 54.6 Å². The van der Waals surface area contributed by atoms with Crippen LogP contribution >= 0.6 is 0 Å². The van der Waals surface area contributed by atoms with Crippen LogP contribution in [0.1, 0.15) is 22.3 Å². The molecule has 17 heavy (non-hydrogen) atoms. The van der Waals surface area contributed by atoms with Gasteiger partial charge in [0.1, 0.15) is 0 Å². The van der Waals surface area contributed by atoms with Crippen LogP contribution in [-0.2, 0) is 6.42 Å². The summed E-state index contributed by atoms with van der Waals surface area (Å²) in [6.07, 6.45) is 5.47. The van der Waals surface area contributed by atoms with Crippen molar-refractivity contribution < 1.29 is 0 Å². The van der Waals surface area contributed by atoms with Crippen molar-refractivity contribution in [1.82, 2.24) is 0 Å². The Morgan fingerprint density at radius 3 is 2.12 bits per heavy atom. The first-order valence-corrected chi connectivity index (χ1v) is 6.04. The average molecular weight is 222 g/mol. The van der Waals surface area contributed by atoms with Crippen LogP contribution < -0.4 is 0 Å². The lowest BCUT2D eigenvalue weighted by molar-refractivity contribution is 1.27. The van der Waals surface area contributed by atoms with Crippen LogP contribution in [0.5, 0.6) is 0 Å². The van der Waals surface area contributed by atoms with Gasteiger partial charge in [-0.2, -0.15) is 0 Å². The van der Waals surface area contributed by atoms with E-state index in [0.29, 0.717) is 0 Å². The topological polar surface area (TPSA) is 0 Å². The lowest BCUT2D eigenvalue weighted by atomic mass is 10.0. The third kappa shape index (κ3) is 3.07. The minimum atomic E-state index is 0.995. The predicted octanol–water partition coefficient (Wildman–Crippen LogP) is 4.56. The fraction of sp³-hybridized carbons (Fsp3) is 0.176. The molecule has 0 saturated heterocycles. The van der Waals surface area contributed by atoms with E-state index in [4.69, 9.17) is 0 Å². The molecule has 0 atom stereocenters. The normalized spacial score (nSPS) is 10.9. The predicted molar refractivity (Wildman–Crippen MR) is 75.1 cm³/mol. The van der Waals surface area contributed by atoms with Gasteiger partial charge in [-0.3, -0.25) is 0 Å². The molecule has 0 fully saturated rings. The van der Waals surface area contributed by atoms with Gasteiger partial charge in [-0.1, -0.05) is 60.7 Å². The number of allylic oxidation sites excluding steroid dienone is 1. The van der Waals surface area contributed by atoms with Gasteiger partial charge in [-0.25, -0.2) is 0 Å². The monoisotopic (exact) mass is 222 g/mol. The first-order valence-electron chi connectivity index (χ1n) is 6.04. The van der Waals surface area contributed by atoms with Crippen LogP contribution in [0.3, 0.4) is 0 Å². The maximum atomic E-state index is 2.24. The molecule has 0 radical (unpaired) electrons. The quantitative estimate of drug-likeness (QED) is 0.714. The average Bonchev–Trinajstić information content (AvgIpc) is 2.34. The Kier molecular flexibility index (Phi) is 3.77. The molecule has 0 amide bonds. The third-order valence-corrected chi connectivity index (χ3v) is 3.02. The Morgan fingerprint density at radius 2 is 1.47 bits per heavy atom. The molecule has 0 aliphatic carbocycles. The Hall–Kier alpha value is -1.82. The van der Waals surface area contributed by atoms with Crippen LogP contribution in [0.2, 0.25) is 0 Å². The highest BCUT2D eigenvalue weighted by molar-refractivity contribution is 5.57. The molecule has 0 unspecified atom stereocenters. The van der Waals surface area contributed by atoms with E-state index in [0.717, 1.165) is 6.42 Å². The van der Waals surface area contributed by atoms with Gasteiger partial charge in [0.2, 0.25) is 0 Å². The first-order chi connectivity index (χ1) is 8.27. The van der Waals surface area contributed by atoms with Gasteiger partial charge in [-0.15, -0.1) is 0 Å². The zero-order chi connectivity index (χ0) is 12.1. The van der Waals surface area contributed by atoms with Gasteiger partial charge in [0.25, 0.3) is 0 Å². The van der Waals surface area contributed by atoms with Crippen molar-refractivity contribution in [2.75, 3.05) is 0 Å². The molecule has 0 saturated carbocycles. The van der Waals surface area contributed by atoms with Crippen molar-refractivity contribution in [2.24, 2.45) is 0 Å². The van der Waals surface area contributed by atoms with Crippen molar-refractivity contribution in [3.63, 3.8) is 0 Å². The SMILES string of the molecule is Cc1cccc(C)c1/C=C/Cc1ccccc1. The van der Waals surface area contributed by atoms with Crippen molar-refractivity contribution >= 4 is 6.08 Å². The Balaban J connectivity index is 2.11. The molecular weight excluding hydrogens is 204 g/mol. The fourth-order valence-electron chi connectivity index (χ4n) is 2.02. The van der Waals surface area contributed by atoms with E-state index < -0.39 is 0 Å². The van der Waals surface area contributed by atoms with E-state index in [1.54, 1.807) is 0 Å². The smallest absolute Gasteiger partial charge is 0.00941 e. The zero-order valence-corrected chi connectivity index (χ0v) is 10.5. The molecule has 0 bridgehead atoms. The lowest BCUT2D eigenvalue weighted by Crippen LogP contribution is -1.85. The standard InChI is InChI=1S/C17H18/c1-14-8-6-9-15(2)17(14)13-7-12-16-10-4-3-5-11-16/h3-11,13H,12H2,1-2H3/b13-7+. The summed E-state index contributed by atoms with van der Waals surface area (Å²) in [5, 5.41) is 0. The highest BCUT2D eigenvalue weighted by atomic mass is 14.0. The Bertz CT molecular complexity index is 487. The number of benzene rings is 2. The summed E-state index contributed by atoms with van der Waals surface area (Å²) >= 11 is 0. The largest absolute Gasteiger partial charge is 0.0795 e. The number of rotatable bonds is 3. The molecule has 86 valence electrons. The minimum Gasteiger partial charge on any atom is -0.0795 e.